The van der Waals surface area contributed by atoms with Gasteiger partial charge in [0.15, 0.2) is 0 Å². The highest BCUT2D eigenvalue weighted by molar-refractivity contribution is 9.10. The molecule has 3 rings (SSSR count). The van der Waals surface area contributed by atoms with Crippen molar-refractivity contribution in [1.29, 1.82) is 0 Å². The summed E-state index contributed by atoms with van der Waals surface area (Å²) in [6.45, 7) is 1.41. The number of hydrogen-bond donors (Lipinski definition) is 0. The first-order valence-electron chi connectivity index (χ1n) is 8.30. The van der Waals surface area contributed by atoms with Crippen LogP contribution in [0.25, 0.3) is 0 Å². The smallest absolute Gasteiger partial charge is 0.316 e. The Morgan fingerprint density at radius 1 is 1.28 bits per heavy atom. The third-order valence-corrected chi connectivity index (χ3v) is 5.35. The van der Waals surface area contributed by atoms with Gasteiger partial charge in [0.2, 0.25) is 5.91 Å². The molecule has 1 aromatic heterocycles. The summed E-state index contributed by atoms with van der Waals surface area (Å²) in [6, 6.07) is 10.5. The van der Waals surface area contributed by atoms with Crippen molar-refractivity contribution in [1.82, 2.24) is 14.9 Å². The maximum atomic E-state index is 12.5. The van der Waals surface area contributed by atoms with Crippen LogP contribution in [0.5, 0.6) is 6.01 Å². The van der Waals surface area contributed by atoms with E-state index < -0.39 is 0 Å². The van der Waals surface area contributed by atoms with Gasteiger partial charge in [0.05, 0.1) is 11.0 Å². The number of aromatic nitrogens is 2. The minimum absolute atomic E-state index is 0.0411. The van der Waals surface area contributed by atoms with E-state index in [1.807, 2.05) is 23.1 Å². The molecule has 1 unspecified atom stereocenters. The Kier molecular flexibility index (Phi) is 6.69. The van der Waals surface area contributed by atoms with E-state index in [9.17, 15) is 4.79 Å². The maximum Gasteiger partial charge on any atom is 0.316 e. The van der Waals surface area contributed by atoms with E-state index in [1.165, 1.54) is 4.90 Å². The third-order valence-electron chi connectivity index (χ3n) is 3.93. The molecule has 5 nitrogen and oxygen atoms in total. The van der Waals surface area contributed by atoms with E-state index in [0.717, 1.165) is 29.6 Å². The summed E-state index contributed by atoms with van der Waals surface area (Å²) >= 11 is 5.02. The summed E-state index contributed by atoms with van der Waals surface area (Å²) in [5.41, 5.74) is 0. The van der Waals surface area contributed by atoms with Gasteiger partial charge in [-0.2, -0.15) is 0 Å². The number of carbonyl (C=O) groups excluding carboxylic acids is 1. The minimum Gasteiger partial charge on any atom is -0.458 e. The molecule has 0 radical (unpaired) electrons. The Balaban J connectivity index is 1.45. The monoisotopic (exact) mass is 421 g/mol. The van der Waals surface area contributed by atoms with Crippen molar-refractivity contribution in [2.45, 2.75) is 30.3 Å². The molecule has 132 valence electrons. The molecule has 1 aliphatic rings. The molecule has 0 spiro atoms. The van der Waals surface area contributed by atoms with Crippen molar-refractivity contribution in [3.8, 4) is 6.01 Å². The normalized spacial score (nSPS) is 17.3. The number of piperidine rings is 1. The highest BCUT2D eigenvalue weighted by Gasteiger charge is 2.25. The molecule has 1 fully saturated rings. The molecule has 1 atom stereocenters. The summed E-state index contributed by atoms with van der Waals surface area (Å²) in [5, 5.41) is 0. The predicted octanol–water partition coefficient (Wildman–Crippen LogP) is 3.79. The van der Waals surface area contributed by atoms with Gasteiger partial charge in [0, 0.05) is 36.0 Å². The largest absolute Gasteiger partial charge is 0.458 e. The number of halogens is 1. The predicted molar refractivity (Wildman–Crippen MR) is 102 cm³/mol. The van der Waals surface area contributed by atoms with Crippen LogP contribution in [0.2, 0.25) is 0 Å². The van der Waals surface area contributed by atoms with Crippen molar-refractivity contribution in [3.05, 3.63) is 47.2 Å². The van der Waals surface area contributed by atoms with Crippen LogP contribution in [0.1, 0.15) is 19.3 Å². The van der Waals surface area contributed by atoms with Gasteiger partial charge < -0.3 is 9.64 Å². The second-order valence-electron chi connectivity index (χ2n) is 5.82. The van der Waals surface area contributed by atoms with Gasteiger partial charge in [-0.15, -0.1) is 11.8 Å². The number of benzene rings is 1. The first-order valence-corrected chi connectivity index (χ1v) is 10.1. The van der Waals surface area contributed by atoms with Crippen LogP contribution in [0, 0.1) is 0 Å². The SMILES string of the molecule is O=C(CCSc1ccccc1)N1CCCC(Oc2ncc(Br)cn2)C1. The summed E-state index contributed by atoms with van der Waals surface area (Å²) in [4.78, 5) is 23.8. The lowest BCUT2D eigenvalue weighted by Crippen LogP contribution is -2.44. The molecule has 1 saturated heterocycles. The number of hydrogen-bond acceptors (Lipinski definition) is 5. The van der Waals surface area contributed by atoms with E-state index in [1.54, 1.807) is 24.2 Å². The van der Waals surface area contributed by atoms with Crippen molar-refractivity contribution in [3.63, 3.8) is 0 Å². The van der Waals surface area contributed by atoms with Crippen LogP contribution < -0.4 is 4.74 Å². The molecule has 1 amide bonds. The van der Waals surface area contributed by atoms with Gasteiger partial charge in [-0.25, -0.2) is 9.97 Å². The van der Waals surface area contributed by atoms with Gasteiger partial charge in [0.25, 0.3) is 0 Å². The van der Waals surface area contributed by atoms with Crippen molar-refractivity contribution in [2.75, 3.05) is 18.8 Å². The number of ether oxygens (including phenoxy) is 1. The lowest BCUT2D eigenvalue weighted by atomic mass is 10.1. The third kappa shape index (κ3) is 5.71. The number of likely N-dealkylation sites (tertiary alicyclic amines) is 1. The molecule has 2 heterocycles. The standard InChI is InChI=1S/C18H20BrN3O2S/c19-14-11-20-18(21-12-14)24-15-5-4-9-22(13-15)17(23)8-10-25-16-6-2-1-3-7-16/h1-3,6-7,11-12,15H,4-5,8-10,13H2. The summed E-state index contributed by atoms with van der Waals surface area (Å²) < 4.78 is 6.64. The van der Waals surface area contributed by atoms with E-state index in [4.69, 9.17) is 4.74 Å². The Labute approximate surface area is 160 Å². The molecule has 0 bridgehead atoms. The molecule has 1 aromatic carbocycles. The van der Waals surface area contributed by atoms with E-state index in [2.05, 4.69) is 38.0 Å². The van der Waals surface area contributed by atoms with Crippen LogP contribution in [-0.4, -0.2) is 45.7 Å². The fraction of sp³-hybridized carbons (Fsp3) is 0.389. The molecule has 0 aliphatic carbocycles. The Morgan fingerprint density at radius 2 is 2.04 bits per heavy atom. The maximum absolute atomic E-state index is 12.5. The summed E-state index contributed by atoms with van der Waals surface area (Å²) in [6.07, 6.45) is 5.69. The van der Waals surface area contributed by atoms with Gasteiger partial charge in [0.1, 0.15) is 6.10 Å². The second kappa shape index (κ2) is 9.20. The van der Waals surface area contributed by atoms with E-state index in [-0.39, 0.29) is 12.0 Å². The van der Waals surface area contributed by atoms with Gasteiger partial charge in [-0.3, -0.25) is 4.79 Å². The van der Waals surface area contributed by atoms with Crippen LogP contribution in [0.15, 0.2) is 52.1 Å². The Hall–Kier alpha value is -1.60. The number of nitrogens with zero attached hydrogens (tertiary/aromatic N) is 3. The zero-order valence-electron chi connectivity index (χ0n) is 13.8. The van der Waals surface area contributed by atoms with Crippen molar-refractivity contribution < 1.29 is 9.53 Å². The first kappa shape index (κ1) is 18.2. The zero-order valence-corrected chi connectivity index (χ0v) is 16.2. The molecule has 2 aromatic rings. The highest BCUT2D eigenvalue weighted by Crippen LogP contribution is 2.20. The summed E-state index contributed by atoms with van der Waals surface area (Å²) in [7, 11) is 0. The van der Waals surface area contributed by atoms with Crippen LogP contribution >= 0.6 is 27.7 Å². The fourth-order valence-electron chi connectivity index (χ4n) is 2.70. The van der Waals surface area contributed by atoms with Gasteiger partial charge >= 0.3 is 6.01 Å². The molecule has 0 saturated carbocycles. The second-order valence-corrected chi connectivity index (χ2v) is 7.90. The topological polar surface area (TPSA) is 55.3 Å². The lowest BCUT2D eigenvalue weighted by molar-refractivity contribution is -0.133. The Morgan fingerprint density at radius 3 is 2.80 bits per heavy atom. The molecular formula is C18H20BrN3O2S. The highest BCUT2D eigenvalue weighted by atomic mass is 79.9. The molecule has 25 heavy (non-hydrogen) atoms. The number of rotatable bonds is 6. The van der Waals surface area contributed by atoms with Crippen LogP contribution in [0.3, 0.4) is 0 Å². The van der Waals surface area contributed by atoms with Gasteiger partial charge in [-0.05, 0) is 40.9 Å². The quantitative estimate of drug-likeness (QED) is 0.663. The average Bonchev–Trinajstić information content (AvgIpc) is 2.65. The van der Waals surface area contributed by atoms with Crippen LogP contribution in [-0.2, 0) is 4.79 Å². The molecule has 1 aliphatic heterocycles. The first-order chi connectivity index (χ1) is 12.2. The number of carbonyl (C=O) groups is 1. The van der Waals surface area contributed by atoms with E-state index >= 15 is 0 Å². The van der Waals surface area contributed by atoms with Gasteiger partial charge in [-0.1, -0.05) is 18.2 Å². The Bertz CT molecular complexity index is 684. The number of thioether (sulfide) groups is 1. The minimum atomic E-state index is -0.0411. The molecule has 0 N–H and O–H groups in total. The van der Waals surface area contributed by atoms with Crippen molar-refractivity contribution in [2.24, 2.45) is 0 Å². The van der Waals surface area contributed by atoms with E-state index in [0.29, 0.717) is 19.0 Å². The lowest BCUT2D eigenvalue weighted by Gasteiger charge is -2.32. The molecule has 7 heteroatoms. The summed E-state index contributed by atoms with van der Waals surface area (Å²) in [5.74, 6) is 0.981. The molecular weight excluding hydrogens is 402 g/mol. The van der Waals surface area contributed by atoms with Crippen LogP contribution in [0.4, 0.5) is 0 Å². The zero-order chi connectivity index (χ0) is 17.5. The van der Waals surface area contributed by atoms with Crippen molar-refractivity contribution >= 4 is 33.6 Å². The number of amides is 1. The fourth-order valence-corrected chi connectivity index (χ4v) is 3.77. The average molecular weight is 422 g/mol.